The number of hydrogen-bond donors (Lipinski definition) is 2. The molecule has 0 unspecified atom stereocenters. The van der Waals surface area contributed by atoms with Gasteiger partial charge in [-0.25, -0.2) is 15.0 Å². The third kappa shape index (κ3) is 3.54. The Bertz CT molecular complexity index is 1260. The Balaban J connectivity index is 1.45. The fourth-order valence-electron chi connectivity index (χ4n) is 5.27. The summed E-state index contributed by atoms with van der Waals surface area (Å²) in [5.74, 6) is -1.13. The second-order valence-corrected chi connectivity index (χ2v) is 9.24. The number of benzene rings is 1. The molecule has 1 atom stereocenters. The van der Waals surface area contributed by atoms with Gasteiger partial charge < -0.3 is 16.4 Å². The fraction of sp³-hybridized carbons (Fsp3) is 0.333. The van der Waals surface area contributed by atoms with Crippen molar-refractivity contribution in [1.82, 2.24) is 15.0 Å². The lowest BCUT2D eigenvalue weighted by Gasteiger charge is -2.42. The van der Waals surface area contributed by atoms with Crippen molar-refractivity contribution in [1.29, 1.82) is 0 Å². The average molecular weight is 467 g/mol. The van der Waals surface area contributed by atoms with Crippen LogP contribution < -0.4 is 16.4 Å². The van der Waals surface area contributed by atoms with E-state index in [-0.39, 0.29) is 27.7 Å². The summed E-state index contributed by atoms with van der Waals surface area (Å²) in [7, 11) is 0. The van der Waals surface area contributed by atoms with Crippen molar-refractivity contribution < 1.29 is 9.18 Å². The van der Waals surface area contributed by atoms with E-state index in [0.29, 0.717) is 30.3 Å². The molecule has 170 valence electrons. The molecule has 1 aromatic carbocycles. The number of anilines is 1. The molecule has 0 radical (unpaired) electrons. The zero-order chi connectivity index (χ0) is 23.3. The normalized spacial score (nSPS) is 19.0. The number of aromatic nitrogens is 3. The van der Waals surface area contributed by atoms with Gasteiger partial charge in [0.2, 0.25) is 11.9 Å². The Morgan fingerprint density at radius 2 is 1.94 bits per heavy atom. The van der Waals surface area contributed by atoms with E-state index >= 15 is 0 Å². The number of rotatable bonds is 3. The van der Waals surface area contributed by atoms with Gasteiger partial charge in [0.15, 0.2) is 0 Å². The van der Waals surface area contributed by atoms with Crippen LogP contribution in [-0.2, 0) is 6.42 Å². The molecule has 3 heterocycles. The minimum Gasteiger partial charge on any atom is -0.364 e. The Morgan fingerprint density at radius 1 is 1.21 bits per heavy atom. The lowest BCUT2D eigenvalue weighted by molar-refractivity contribution is 0.0996. The van der Waals surface area contributed by atoms with E-state index in [1.54, 1.807) is 6.92 Å². The van der Waals surface area contributed by atoms with Crippen molar-refractivity contribution in [2.75, 3.05) is 18.0 Å². The monoisotopic (exact) mass is 466 g/mol. The van der Waals surface area contributed by atoms with Crippen LogP contribution in [0.4, 0.5) is 10.3 Å². The lowest BCUT2D eigenvalue weighted by Crippen LogP contribution is -2.45. The van der Waals surface area contributed by atoms with Gasteiger partial charge in [-0.2, -0.15) is 4.39 Å². The van der Waals surface area contributed by atoms with E-state index in [4.69, 9.17) is 23.1 Å². The number of carbonyl (C=O) groups is 1. The number of carbonyl (C=O) groups excluding carboxylic acids is 1. The standard InChI is InChI=1S/C24H24ClFN6O/c1-13-17(16-6-9-29-21(26)18(16)25)19(22(28)33)31-23(30-13)32-10-7-24(8-11-32)12-14-4-2-3-5-15(14)20(24)27/h2-6,9,20H,7-8,10-12,27H2,1H3,(H2,28,33)/t20-/m1/s1. The Morgan fingerprint density at radius 3 is 2.64 bits per heavy atom. The second-order valence-electron chi connectivity index (χ2n) is 8.86. The summed E-state index contributed by atoms with van der Waals surface area (Å²) < 4.78 is 14.0. The number of nitrogens with two attached hydrogens (primary N) is 2. The number of piperidine rings is 1. The van der Waals surface area contributed by atoms with Crippen molar-refractivity contribution in [2.24, 2.45) is 16.9 Å². The number of primary amides is 1. The third-order valence-corrected chi connectivity index (χ3v) is 7.42. The van der Waals surface area contributed by atoms with Crippen molar-refractivity contribution in [3.05, 3.63) is 70.0 Å². The van der Waals surface area contributed by atoms with Crippen LogP contribution in [0.1, 0.15) is 46.2 Å². The molecule has 2 aliphatic rings. The molecular weight excluding hydrogens is 443 g/mol. The molecule has 9 heteroatoms. The number of halogens is 2. The molecule has 1 spiro atoms. The van der Waals surface area contributed by atoms with E-state index in [2.05, 4.69) is 38.1 Å². The van der Waals surface area contributed by atoms with Crippen LogP contribution in [0.15, 0.2) is 36.5 Å². The first-order valence-electron chi connectivity index (χ1n) is 10.9. The molecule has 1 amide bonds. The Kier molecular flexibility index (Phi) is 5.29. The predicted molar refractivity (Wildman–Crippen MR) is 124 cm³/mol. The topological polar surface area (TPSA) is 111 Å². The maximum absolute atomic E-state index is 14.0. The molecule has 3 aromatic rings. The largest absolute Gasteiger partial charge is 0.364 e. The highest BCUT2D eigenvalue weighted by Crippen LogP contribution is 2.50. The summed E-state index contributed by atoms with van der Waals surface area (Å²) in [5.41, 5.74) is 16.0. The molecule has 0 bridgehead atoms. The van der Waals surface area contributed by atoms with Gasteiger partial charge in [-0.1, -0.05) is 35.9 Å². The molecule has 1 aliphatic heterocycles. The molecule has 4 N–H and O–H groups in total. The van der Waals surface area contributed by atoms with Gasteiger partial charge in [-0.3, -0.25) is 4.79 Å². The molecule has 1 fully saturated rings. The summed E-state index contributed by atoms with van der Waals surface area (Å²) in [4.78, 5) is 27.0. The summed E-state index contributed by atoms with van der Waals surface area (Å²) in [6.07, 6.45) is 4.03. The summed E-state index contributed by atoms with van der Waals surface area (Å²) >= 11 is 6.12. The number of pyridine rings is 1. The lowest BCUT2D eigenvalue weighted by atomic mass is 9.73. The summed E-state index contributed by atoms with van der Waals surface area (Å²) in [6, 6.07) is 9.91. The molecule has 1 aliphatic carbocycles. The number of fused-ring (bicyclic) bond motifs is 1. The minimum atomic E-state index is -0.830. The van der Waals surface area contributed by atoms with E-state index < -0.39 is 11.9 Å². The zero-order valence-corrected chi connectivity index (χ0v) is 18.9. The predicted octanol–water partition coefficient (Wildman–Crippen LogP) is 3.58. The van der Waals surface area contributed by atoms with Gasteiger partial charge in [0.1, 0.15) is 10.7 Å². The van der Waals surface area contributed by atoms with Crippen LogP contribution >= 0.6 is 11.6 Å². The van der Waals surface area contributed by atoms with E-state index in [0.717, 1.165) is 19.3 Å². The average Bonchev–Trinajstić information content (AvgIpc) is 3.07. The quantitative estimate of drug-likeness (QED) is 0.571. The highest BCUT2D eigenvalue weighted by Gasteiger charge is 2.46. The molecule has 0 saturated carbocycles. The van der Waals surface area contributed by atoms with Gasteiger partial charge in [0, 0.05) is 36.5 Å². The van der Waals surface area contributed by atoms with Crippen LogP contribution in [-0.4, -0.2) is 33.9 Å². The van der Waals surface area contributed by atoms with Gasteiger partial charge in [-0.05, 0) is 48.8 Å². The van der Waals surface area contributed by atoms with Gasteiger partial charge in [-0.15, -0.1) is 0 Å². The molecular formula is C24H24ClFN6O. The maximum atomic E-state index is 14.0. The number of nitrogens with zero attached hydrogens (tertiary/aromatic N) is 4. The summed E-state index contributed by atoms with van der Waals surface area (Å²) in [5, 5.41) is -0.200. The van der Waals surface area contributed by atoms with Crippen molar-refractivity contribution in [3.8, 4) is 11.1 Å². The first-order valence-corrected chi connectivity index (χ1v) is 11.3. The van der Waals surface area contributed by atoms with Gasteiger partial charge in [0.25, 0.3) is 5.91 Å². The van der Waals surface area contributed by atoms with Crippen LogP contribution in [0.2, 0.25) is 5.02 Å². The first kappa shape index (κ1) is 21.7. The SMILES string of the molecule is Cc1nc(N2CCC3(CC2)Cc2ccccc2[C@H]3N)nc(C(N)=O)c1-c1ccnc(F)c1Cl. The fourth-order valence-corrected chi connectivity index (χ4v) is 5.48. The highest BCUT2D eigenvalue weighted by molar-refractivity contribution is 6.33. The Hall–Kier alpha value is -3.10. The minimum absolute atomic E-state index is 0.00536. The molecule has 2 aromatic heterocycles. The van der Waals surface area contributed by atoms with E-state index in [1.807, 2.05) is 6.07 Å². The smallest absolute Gasteiger partial charge is 0.268 e. The number of aryl methyl sites for hydroxylation is 1. The van der Waals surface area contributed by atoms with Crippen LogP contribution in [0.3, 0.4) is 0 Å². The molecule has 5 rings (SSSR count). The highest BCUT2D eigenvalue weighted by atomic mass is 35.5. The van der Waals surface area contributed by atoms with Crippen molar-refractivity contribution in [2.45, 2.75) is 32.2 Å². The van der Waals surface area contributed by atoms with Crippen LogP contribution in [0.5, 0.6) is 0 Å². The van der Waals surface area contributed by atoms with E-state index in [1.165, 1.54) is 23.4 Å². The van der Waals surface area contributed by atoms with E-state index in [9.17, 15) is 9.18 Å². The number of amides is 1. The second kappa shape index (κ2) is 8.04. The summed E-state index contributed by atoms with van der Waals surface area (Å²) in [6.45, 7) is 3.16. The van der Waals surface area contributed by atoms with Crippen molar-refractivity contribution in [3.63, 3.8) is 0 Å². The Labute approximate surface area is 196 Å². The molecule has 1 saturated heterocycles. The first-order chi connectivity index (χ1) is 15.8. The van der Waals surface area contributed by atoms with Crippen LogP contribution in [0.25, 0.3) is 11.1 Å². The van der Waals surface area contributed by atoms with Gasteiger partial charge in [0.05, 0.1) is 5.69 Å². The zero-order valence-electron chi connectivity index (χ0n) is 18.2. The molecule has 7 nitrogen and oxygen atoms in total. The molecule has 33 heavy (non-hydrogen) atoms. The van der Waals surface area contributed by atoms with Crippen LogP contribution in [0, 0.1) is 18.3 Å². The van der Waals surface area contributed by atoms with Crippen molar-refractivity contribution >= 4 is 23.5 Å². The maximum Gasteiger partial charge on any atom is 0.268 e. The third-order valence-electron chi connectivity index (χ3n) is 7.06. The number of hydrogen-bond acceptors (Lipinski definition) is 6. The van der Waals surface area contributed by atoms with Gasteiger partial charge >= 0.3 is 0 Å².